The summed E-state index contributed by atoms with van der Waals surface area (Å²) in [6.45, 7) is 1.79. The van der Waals surface area contributed by atoms with Crippen LogP contribution in [0.5, 0.6) is 5.75 Å². The summed E-state index contributed by atoms with van der Waals surface area (Å²) in [5.41, 5.74) is 6.34. The van der Waals surface area contributed by atoms with Crippen molar-refractivity contribution in [3.05, 3.63) is 29.8 Å². The molecular formula is C13H18N2O4. The number of carboxylic acid groups (broad SMARTS) is 1. The number of carbonyl (C=O) groups is 2. The Morgan fingerprint density at radius 1 is 1.47 bits per heavy atom. The third kappa shape index (κ3) is 4.59. The van der Waals surface area contributed by atoms with Crippen LogP contribution in [0.4, 0.5) is 0 Å². The molecule has 0 fully saturated rings. The lowest BCUT2D eigenvalue weighted by atomic mass is 10.1. The number of methoxy groups -OCH3 is 1. The van der Waals surface area contributed by atoms with Crippen molar-refractivity contribution >= 4 is 11.9 Å². The highest BCUT2D eigenvalue weighted by Gasteiger charge is 2.19. The van der Waals surface area contributed by atoms with Crippen molar-refractivity contribution in [3.63, 3.8) is 0 Å². The molecule has 2 atom stereocenters. The number of carboxylic acids is 1. The number of hydrogen-bond donors (Lipinski definition) is 3. The molecule has 0 aliphatic rings. The van der Waals surface area contributed by atoms with Crippen molar-refractivity contribution in [2.45, 2.75) is 25.4 Å². The quantitative estimate of drug-likeness (QED) is 0.702. The maximum Gasteiger partial charge on any atom is 0.305 e. The molecule has 0 heterocycles. The number of nitrogens with two attached hydrogens (primary N) is 1. The third-order valence-corrected chi connectivity index (χ3v) is 2.68. The first kappa shape index (κ1) is 15.0. The van der Waals surface area contributed by atoms with Crippen LogP contribution in [0, 0.1) is 0 Å². The molecule has 0 radical (unpaired) electrons. The maximum atomic E-state index is 11.7. The number of nitrogens with one attached hydrogen (secondary N) is 1. The molecule has 0 spiro atoms. The highest BCUT2D eigenvalue weighted by Crippen LogP contribution is 2.18. The van der Waals surface area contributed by atoms with Crippen LogP contribution in [-0.4, -0.2) is 30.1 Å². The lowest BCUT2D eigenvalue weighted by Gasteiger charge is -2.17. The fraction of sp³-hybridized carbons (Fsp3) is 0.385. The van der Waals surface area contributed by atoms with Gasteiger partial charge in [0.1, 0.15) is 5.75 Å². The molecule has 19 heavy (non-hydrogen) atoms. The molecule has 1 rings (SSSR count). The minimum absolute atomic E-state index is 0.276. The molecule has 2 unspecified atom stereocenters. The third-order valence-electron chi connectivity index (χ3n) is 2.68. The number of amides is 1. The van der Waals surface area contributed by atoms with Gasteiger partial charge in [0.15, 0.2) is 0 Å². The average molecular weight is 266 g/mol. The van der Waals surface area contributed by atoms with Crippen molar-refractivity contribution in [2.75, 3.05) is 7.11 Å². The van der Waals surface area contributed by atoms with Gasteiger partial charge >= 0.3 is 5.97 Å². The summed E-state index contributed by atoms with van der Waals surface area (Å²) in [7, 11) is 1.56. The average Bonchev–Trinajstić information content (AvgIpc) is 2.37. The molecule has 104 valence electrons. The van der Waals surface area contributed by atoms with Crippen LogP contribution in [0.3, 0.4) is 0 Å². The van der Waals surface area contributed by atoms with Crippen molar-refractivity contribution in [2.24, 2.45) is 5.73 Å². The summed E-state index contributed by atoms with van der Waals surface area (Å²) in [5.74, 6) is -0.900. The molecule has 1 aromatic carbocycles. The predicted molar refractivity (Wildman–Crippen MR) is 69.8 cm³/mol. The van der Waals surface area contributed by atoms with Gasteiger partial charge in [-0.3, -0.25) is 9.59 Å². The molecular weight excluding hydrogens is 248 g/mol. The Balaban J connectivity index is 2.65. The fourth-order valence-corrected chi connectivity index (χ4v) is 1.60. The molecule has 0 aliphatic heterocycles. The van der Waals surface area contributed by atoms with Crippen LogP contribution < -0.4 is 15.8 Å². The van der Waals surface area contributed by atoms with Gasteiger partial charge in [0, 0.05) is 0 Å². The van der Waals surface area contributed by atoms with Gasteiger partial charge in [-0.25, -0.2) is 0 Å². The molecule has 0 saturated carbocycles. The summed E-state index contributed by atoms with van der Waals surface area (Å²) in [6, 6.07) is 5.93. The predicted octanol–water partition coefficient (Wildman–Crippen LogP) is 0.674. The summed E-state index contributed by atoms with van der Waals surface area (Å²) in [5, 5.41) is 11.2. The van der Waals surface area contributed by atoms with E-state index >= 15 is 0 Å². The van der Waals surface area contributed by atoms with Crippen molar-refractivity contribution in [3.8, 4) is 5.75 Å². The van der Waals surface area contributed by atoms with Crippen molar-refractivity contribution < 1.29 is 19.4 Å². The standard InChI is InChI=1S/C13H18N2O4/c1-8(9-4-3-5-10(6-9)19-2)15-13(18)11(14)7-12(16)17/h3-6,8,11H,7,14H2,1-2H3,(H,15,18)(H,16,17). The zero-order valence-corrected chi connectivity index (χ0v) is 10.9. The van der Waals surface area contributed by atoms with Gasteiger partial charge in [0.05, 0.1) is 25.6 Å². The molecule has 1 amide bonds. The first-order valence-corrected chi connectivity index (χ1v) is 5.85. The molecule has 6 nitrogen and oxygen atoms in total. The molecule has 6 heteroatoms. The van der Waals surface area contributed by atoms with Crippen LogP contribution in [0.25, 0.3) is 0 Å². The molecule has 0 bridgehead atoms. The van der Waals surface area contributed by atoms with Crippen LogP contribution >= 0.6 is 0 Å². The van der Waals surface area contributed by atoms with E-state index in [1.807, 2.05) is 12.1 Å². The van der Waals surface area contributed by atoms with E-state index in [1.165, 1.54) is 0 Å². The summed E-state index contributed by atoms with van der Waals surface area (Å²) in [6.07, 6.45) is -0.392. The molecule has 0 saturated heterocycles. The van der Waals surface area contributed by atoms with Crippen LogP contribution in [0.15, 0.2) is 24.3 Å². The normalized spacial score (nSPS) is 13.4. The Labute approximate surface area is 111 Å². The second-order valence-electron chi connectivity index (χ2n) is 4.21. The number of carbonyl (C=O) groups excluding carboxylic acids is 1. The first-order chi connectivity index (χ1) is 8.93. The number of benzene rings is 1. The minimum Gasteiger partial charge on any atom is -0.497 e. The zero-order chi connectivity index (χ0) is 14.4. The largest absolute Gasteiger partial charge is 0.497 e. The SMILES string of the molecule is COc1cccc(C(C)NC(=O)C(N)CC(=O)O)c1. The molecule has 4 N–H and O–H groups in total. The summed E-state index contributed by atoms with van der Waals surface area (Å²) >= 11 is 0. The van der Waals surface area contributed by atoms with Crippen molar-refractivity contribution in [1.29, 1.82) is 0 Å². The minimum atomic E-state index is -1.10. The smallest absolute Gasteiger partial charge is 0.305 e. The molecule has 0 aromatic heterocycles. The second kappa shape index (κ2) is 6.75. The van der Waals surface area contributed by atoms with E-state index in [4.69, 9.17) is 15.6 Å². The molecule has 1 aromatic rings. The van der Waals surface area contributed by atoms with Crippen LogP contribution in [-0.2, 0) is 9.59 Å². The van der Waals surface area contributed by atoms with E-state index in [0.29, 0.717) is 5.75 Å². The van der Waals surface area contributed by atoms with Gasteiger partial charge in [-0.15, -0.1) is 0 Å². The Morgan fingerprint density at radius 2 is 2.16 bits per heavy atom. The highest BCUT2D eigenvalue weighted by molar-refractivity contribution is 5.86. The van der Waals surface area contributed by atoms with Gasteiger partial charge in [0.25, 0.3) is 0 Å². The van der Waals surface area contributed by atoms with E-state index in [0.717, 1.165) is 5.56 Å². The Hall–Kier alpha value is -2.08. The van der Waals surface area contributed by atoms with E-state index in [-0.39, 0.29) is 6.04 Å². The number of rotatable bonds is 6. The maximum absolute atomic E-state index is 11.7. The van der Waals surface area contributed by atoms with Gasteiger partial charge in [0.2, 0.25) is 5.91 Å². The lowest BCUT2D eigenvalue weighted by molar-refractivity contribution is -0.139. The van der Waals surface area contributed by atoms with Gasteiger partial charge < -0.3 is 20.9 Å². The Morgan fingerprint density at radius 3 is 2.74 bits per heavy atom. The van der Waals surface area contributed by atoms with E-state index in [1.54, 1.807) is 26.2 Å². The van der Waals surface area contributed by atoms with Crippen LogP contribution in [0.2, 0.25) is 0 Å². The zero-order valence-electron chi connectivity index (χ0n) is 10.9. The lowest BCUT2D eigenvalue weighted by Crippen LogP contribution is -2.42. The summed E-state index contributed by atoms with van der Waals surface area (Å²) < 4.78 is 5.09. The van der Waals surface area contributed by atoms with Gasteiger partial charge in [-0.2, -0.15) is 0 Å². The molecule has 0 aliphatic carbocycles. The Bertz CT molecular complexity index is 462. The van der Waals surface area contributed by atoms with E-state index in [9.17, 15) is 9.59 Å². The topological polar surface area (TPSA) is 102 Å². The monoisotopic (exact) mass is 266 g/mol. The number of hydrogen-bond acceptors (Lipinski definition) is 4. The van der Waals surface area contributed by atoms with E-state index in [2.05, 4.69) is 5.32 Å². The van der Waals surface area contributed by atoms with Gasteiger partial charge in [-0.05, 0) is 24.6 Å². The second-order valence-corrected chi connectivity index (χ2v) is 4.21. The Kier molecular flexibility index (Phi) is 5.32. The highest BCUT2D eigenvalue weighted by atomic mass is 16.5. The summed E-state index contributed by atoms with van der Waals surface area (Å²) in [4.78, 5) is 22.2. The van der Waals surface area contributed by atoms with Gasteiger partial charge in [-0.1, -0.05) is 12.1 Å². The number of aliphatic carboxylic acids is 1. The van der Waals surface area contributed by atoms with Crippen LogP contribution in [0.1, 0.15) is 24.9 Å². The fourth-order valence-electron chi connectivity index (χ4n) is 1.60. The first-order valence-electron chi connectivity index (χ1n) is 5.85. The number of ether oxygens (including phenoxy) is 1. The van der Waals surface area contributed by atoms with E-state index < -0.39 is 24.3 Å². The van der Waals surface area contributed by atoms with Crippen molar-refractivity contribution in [1.82, 2.24) is 5.32 Å².